The van der Waals surface area contributed by atoms with Gasteiger partial charge in [-0.05, 0) is 50.8 Å². The van der Waals surface area contributed by atoms with Crippen molar-refractivity contribution >= 4 is 51.5 Å². The first kappa shape index (κ1) is 26.5. The summed E-state index contributed by atoms with van der Waals surface area (Å²) < 4.78 is 22.7. The summed E-state index contributed by atoms with van der Waals surface area (Å²) in [4.78, 5) is 18.7. The maximum atomic E-state index is 12.3. The van der Waals surface area contributed by atoms with E-state index < -0.39 is 9.84 Å². The van der Waals surface area contributed by atoms with Gasteiger partial charge in [0.15, 0.2) is 5.96 Å². The molecule has 1 unspecified atom stereocenters. The second-order valence-corrected chi connectivity index (χ2v) is 9.74. The molecule has 0 aromatic heterocycles. The highest BCUT2D eigenvalue weighted by atomic mass is 127. The van der Waals surface area contributed by atoms with Crippen molar-refractivity contribution in [1.29, 1.82) is 0 Å². The van der Waals surface area contributed by atoms with Crippen molar-refractivity contribution < 1.29 is 13.2 Å². The first-order chi connectivity index (χ1) is 13.8. The monoisotopic (exact) mass is 551 g/mol. The first-order valence-electron chi connectivity index (χ1n) is 10.1. The summed E-state index contributed by atoms with van der Waals surface area (Å²) in [6, 6.07) is 7.59. The average Bonchev–Trinajstić information content (AvgIpc) is 3.19. The van der Waals surface area contributed by atoms with Crippen molar-refractivity contribution in [3.05, 3.63) is 29.8 Å². The minimum absolute atomic E-state index is 0. The molecule has 0 radical (unpaired) electrons. The molecular formula is C20H34IN5O3S. The Kier molecular flexibility index (Phi) is 11.5. The Hall–Kier alpha value is -1.56. The number of sulfone groups is 1. The summed E-state index contributed by atoms with van der Waals surface area (Å²) in [5.74, 6) is 0.777. The number of nitrogens with one attached hydrogen (secondary N) is 3. The van der Waals surface area contributed by atoms with E-state index >= 15 is 0 Å². The Balaban J connectivity index is 0.00000450. The number of hydrogen-bond acceptors (Lipinski definition) is 4. The number of nitrogens with zero attached hydrogens (tertiary/aromatic N) is 2. The molecule has 3 N–H and O–H groups in total. The van der Waals surface area contributed by atoms with E-state index in [4.69, 9.17) is 0 Å². The molecule has 1 atom stereocenters. The topological polar surface area (TPSA) is 103 Å². The van der Waals surface area contributed by atoms with Gasteiger partial charge in [0.25, 0.3) is 0 Å². The van der Waals surface area contributed by atoms with Gasteiger partial charge in [-0.3, -0.25) is 0 Å². The van der Waals surface area contributed by atoms with Gasteiger partial charge in [-0.25, -0.2) is 18.2 Å². The molecule has 1 aromatic carbocycles. The van der Waals surface area contributed by atoms with E-state index in [2.05, 4.69) is 20.9 Å². The molecule has 10 heteroatoms. The second-order valence-electron chi connectivity index (χ2n) is 7.48. The van der Waals surface area contributed by atoms with Crippen molar-refractivity contribution in [2.24, 2.45) is 4.99 Å². The fraction of sp³-hybridized carbons (Fsp3) is 0.600. The minimum atomic E-state index is -2.98. The molecule has 0 saturated carbocycles. The Labute approximate surface area is 197 Å². The number of hydrogen-bond donors (Lipinski definition) is 3. The lowest BCUT2D eigenvalue weighted by atomic mass is 10.2. The number of benzene rings is 1. The quantitative estimate of drug-likeness (QED) is 0.262. The summed E-state index contributed by atoms with van der Waals surface area (Å²) in [5, 5.41) is 9.37. The van der Waals surface area contributed by atoms with Crippen LogP contribution in [0.2, 0.25) is 0 Å². The Bertz CT molecular complexity index is 810. The van der Waals surface area contributed by atoms with Crippen molar-refractivity contribution in [1.82, 2.24) is 15.5 Å². The number of guanidine groups is 1. The predicted octanol–water partition coefficient (Wildman–Crippen LogP) is 2.81. The third-order valence-corrected chi connectivity index (χ3v) is 5.62. The highest BCUT2D eigenvalue weighted by Crippen LogP contribution is 2.14. The number of halogens is 1. The van der Waals surface area contributed by atoms with E-state index in [1.54, 1.807) is 0 Å². The average molecular weight is 551 g/mol. The molecule has 170 valence electrons. The third kappa shape index (κ3) is 9.96. The number of carbonyl (C=O) groups is 1. The molecule has 0 aliphatic carbocycles. The zero-order chi connectivity index (χ0) is 21.3. The van der Waals surface area contributed by atoms with E-state index in [1.807, 2.05) is 43.0 Å². The number of amides is 2. The van der Waals surface area contributed by atoms with Crippen molar-refractivity contribution in [3.8, 4) is 0 Å². The van der Waals surface area contributed by atoms with Crippen LogP contribution in [0.1, 0.15) is 38.7 Å². The van der Waals surface area contributed by atoms with Gasteiger partial charge in [-0.1, -0.05) is 12.1 Å². The van der Waals surface area contributed by atoms with Crippen molar-refractivity contribution in [3.63, 3.8) is 0 Å². The zero-order valence-electron chi connectivity index (χ0n) is 18.0. The lowest BCUT2D eigenvalue weighted by molar-refractivity contribution is 0.222. The molecule has 8 nitrogen and oxygen atoms in total. The van der Waals surface area contributed by atoms with Crippen LogP contribution < -0.4 is 16.0 Å². The maximum absolute atomic E-state index is 12.3. The van der Waals surface area contributed by atoms with Crippen LogP contribution in [-0.4, -0.2) is 63.0 Å². The maximum Gasteiger partial charge on any atom is 0.321 e. The van der Waals surface area contributed by atoms with Crippen LogP contribution in [0, 0.1) is 0 Å². The van der Waals surface area contributed by atoms with Crippen LogP contribution in [0.4, 0.5) is 10.5 Å². The van der Waals surface area contributed by atoms with Gasteiger partial charge in [0, 0.05) is 37.6 Å². The van der Waals surface area contributed by atoms with Crippen LogP contribution in [0.5, 0.6) is 0 Å². The lowest BCUT2D eigenvalue weighted by Gasteiger charge is -2.18. The Morgan fingerprint density at radius 1 is 1.27 bits per heavy atom. The summed E-state index contributed by atoms with van der Waals surface area (Å²) >= 11 is 0. The number of likely N-dealkylation sites (tertiary alicyclic amines) is 1. The Morgan fingerprint density at radius 3 is 2.60 bits per heavy atom. The summed E-state index contributed by atoms with van der Waals surface area (Å²) in [5.41, 5.74) is 1.74. The highest BCUT2D eigenvalue weighted by Gasteiger charge is 2.17. The summed E-state index contributed by atoms with van der Waals surface area (Å²) in [6.45, 7) is 6.69. The number of rotatable bonds is 8. The number of urea groups is 1. The number of aliphatic imine (C=N–C) groups is 1. The normalized spacial score (nSPS) is 15.3. The standard InChI is InChI=1S/C20H33N5O3S.HI/c1-4-21-19(23-16(2)10-13-29(3,27)28)22-15-17-8-7-9-18(14-17)24-20(26)25-11-5-6-12-25;/h7-9,14,16H,4-6,10-13,15H2,1-3H3,(H,24,26)(H2,21,22,23);1H. The first-order valence-corrected chi connectivity index (χ1v) is 12.2. The molecule has 1 saturated heterocycles. The minimum Gasteiger partial charge on any atom is -0.357 e. The molecule has 0 bridgehead atoms. The van der Waals surface area contributed by atoms with Crippen LogP contribution in [0.15, 0.2) is 29.3 Å². The van der Waals surface area contributed by atoms with Gasteiger partial charge in [-0.15, -0.1) is 24.0 Å². The van der Waals surface area contributed by atoms with Gasteiger partial charge in [0.1, 0.15) is 9.84 Å². The molecule has 0 spiro atoms. The third-order valence-electron chi connectivity index (χ3n) is 4.64. The fourth-order valence-corrected chi connectivity index (χ4v) is 3.84. The SMILES string of the molecule is CCNC(=NCc1cccc(NC(=O)N2CCCC2)c1)NC(C)CCS(C)(=O)=O.I. The van der Waals surface area contributed by atoms with Crippen molar-refractivity contribution in [2.45, 2.75) is 45.7 Å². The number of anilines is 1. The second kappa shape index (κ2) is 13.0. The number of carbonyl (C=O) groups excluding carboxylic acids is 1. The highest BCUT2D eigenvalue weighted by molar-refractivity contribution is 14.0. The van der Waals surface area contributed by atoms with Crippen LogP contribution >= 0.6 is 24.0 Å². The van der Waals surface area contributed by atoms with Gasteiger partial charge >= 0.3 is 6.03 Å². The predicted molar refractivity (Wildman–Crippen MR) is 133 cm³/mol. The summed E-state index contributed by atoms with van der Waals surface area (Å²) in [7, 11) is -2.98. The molecule has 1 heterocycles. The Morgan fingerprint density at radius 2 is 1.97 bits per heavy atom. The zero-order valence-corrected chi connectivity index (χ0v) is 21.1. The van der Waals surface area contributed by atoms with E-state index in [0.717, 1.165) is 37.2 Å². The molecule has 2 amide bonds. The van der Waals surface area contributed by atoms with Crippen LogP contribution in [0.3, 0.4) is 0 Å². The molecule has 1 aromatic rings. The molecule has 1 fully saturated rings. The largest absolute Gasteiger partial charge is 0.357 e. The van der Waals surface area contributed by atoms with Crippen LogP contribution in [-0.2, 0) is 16.4 Å². The fourth-order valence-electron chi connectivity index (χ4n) is 3.06. The van der Waals surface area contributed by atoms with E-state index in [-0.39, 0.29) is 41.8 Å². The molecule has 1 aliphatic rings. The van der Waals surface area contributed by atoms with E-state index in [9.17, 15) is 13.2 Å². The summed E-state index contributed by atoms with van der Waals surface area (Å²) in [6.07, 6.45) is 3.88. The van der Waals surface area contributed by atoms with E-state index in [1.165, 1.54) is 6.26 Å². The van der Waals surface area contributed by atoms with Gasteiger partial charge in [0.2, 0.25) is 0 Å². The molecule has 30 heavy (non-hydrogen) atoms. The van der Waals surface area contributed by atoms with Gasteiger partial charge in [0.05, 0.1) is 12.3 Å². The van der Waals surface area contributed by atoms with E-state index in [0.29, 0.717) is 25.5 Å². The molecule has 1 aliphatic heterocycles. The molecular weight excluding hydrogens is 517 g/mol. The van der Waals surface area contributed by atoms with Gasteiger partial charge < -0.3 is 20.9 Å². The van der Waals surface area contributed by atoms with Gasteiger partial charge in [-0.2, -0.15) is 0 Å². The lowest BCUT2D eigenvalue weighted by Crippen LogP contribution is -2.42. The van der Waals surface area contributed by atoms with Crippen molar-refractivity contribution in [2.75, 3.05) is 37.0 Å². The smallest absolute Gasteiger partial charge is 0.321 e. The molecule has 2 rings (SSSR count). The van der Waals surface area contributed by atoms with Crippen LogP contribution in [0.25, 0.3) is 0 Å².